The van der Waals surface area contributed by atoms with Crippen molar-refractivity contribution >= 4 is 15.7 Å². The van der Waals surface area contributed by atoms with Gasteiger partial charge in [-0.1, -0.05) is 17.7 Å². The smallest absolute Gasteiger partial charge is 0.261 e. The SMILES string of the molecule is Cc1ccc(S(=O)(=O)Nc2ccc(Oc3cnn(-c4ccc(F)cc4)c3)c(C)c2)cc1. The maximum Gasteiger partial charge on any atom is 0.261 e. The summed E-state index contributed by atoms with van der Waals surface area (Å²) in [5.41, 5.74) is 2.87. The number of aromatic nitrogens is 2. The number of ether oxygens (including phenoxy) is 1. The summed E-state index contributed by atoms with van der Waals surface area (Å²) in [7, 11) is -3.68. The number of benzene rings is 3. The molecule has 0 fully saturated rings. The van der Waals surface area contributed by atoms with Crippen molar-refractivity contribution in [2.75, 3.05) is 4.72 Å². The molecule has 31 heavy (non-hydrogen) atoms. The Labute approximate surface area is 180 Å². The number of rotatable bonds is 6. The molecule has 1 aromatic heterocycles. The Bertz CT molecular complexity index is 1320. The molecule has 0 amide bonds. The van der Waals surface area contributed by atoms with Gasteiger partial charge in [-0.05, 0) is 74.0 Å². The highest BCUT2D eigenvalue weighted by atomic mass is 32.2. The standard InChI is InChI=1S/C23H20FN3O3S/c1-16-3-10-22(11-4-16)31(28,29)26-19-7-12-23(17(2)13-19)30-21-14-25-27(15-21)20-8-5-18(24)6-9-20/h3-15,26H,1-2H3. The average Bonchev–Trinajstić information content (AvgIpc) is 3.19. The van der Waals surface area contributed by atoms with Crippen LogP contribution in [0.2, 0.25) is 0 Å². The molecule has 0 aliphatic heterocycles. The van der Waals surface area contributed by atoms with E-state index < -0.39 is 10.0 Å². The van der Waals surface area contributed by atoms with Gasteiger partial charge in [0.25, 0.3) is 10.0 Å². The first kappa shape index (κ1) is 20.6. The number of halogens is 1. The van der Waals surface area contributed by atoms with Gasteiger partial charge in [0, 0.05) is 5.69 Å². The van der Waals surface area contributed by atoms with Crippen LogP contribution in [0.4, 0.5) is 10.1 Å². The molecule has 0 saturated heterocycles. The summed E-state index contributed by atoms with van der Waals surface area (Å²) in [6.07, 6.45) is 3.23. The predicted octanol–water partition coefficient (Wildman–Crippen LogP) is 5.22. The minimum absolute atomic E-state index is 0.198. The van der Waals surface area contributed by atoms with E-state index in [1.165, 1.54) is 12.1 Å². The van der Waals surface area contributed by atoms with Gasteiger partial charge in [-0.25, -0.2) is 17.5 Å². The third kappa shape index (κ3) is 4.75. The molecule has 3 aromatic carbocycles. The molecule has 0 unspecified atom stereocenters. The fraction of sp³-hybridized carbons (Fsp3) is 0.0870. The van der Waals surface area contributed by atoms with E-state index in [-0.39, 0.29) is 10.7 Å². The Morgan fingerprint density at radius 2 is 1.68 bits per heavy atom. The summed E-state index contributed by atoms with van der Waals surface area (Å²) in [4.78, 5) is 0.198. The molecule has 4 aromatic rings. The van der Waals surface area contributed by atoms with Gasteiger partial charge in [0.1, 0.15) is 11.6 Å². The molecule has 0 atom stereocenters. The second-order valence-electron chi connectivity index (χ2n) is 7.10. The summed E-state index contributed by atoms with van der Waals surface area (Å²) in [6, 6.07) is 17.6. The molecule has 6 nitrogen and oxygen atoms in total. The van der Waals surface area contributed by atoms with Gasteiger partial charge >= 0.3 is 0 Å². The molecule has 8 heteroatoms. The topological polar surface area (TPSA) is 73.2 Å². The molecule has 0 bridgehead atoms. The van der Waals surface area contributed by atoms with Crippen LogP contribution in [0, 0.1) is 19.7 Å². The third-order valence-corrected chi connectivity index (χ3v) is 6.03. The zero-order valence-corrected chi connectivity index (χ0v) is 17.7. The normalized spacial score (nSPS) is 11.3. The van der Waals surface area contributed by atoms with Crippen LogP contribution >= 0.6 is 0 Å². The first-order chi connectivity index (χ1) is 14.8. The van der Waals surface area contributed by atoms with Crippen LogP contribution < -0.4 is 9.46 Å². The van der Waals surface area contributed by atoms with Gasteiger partial charge in [0.15, 0.2) is 5.75 Å². The zero-order chi connectivity index (χ0) is 22.0. The van der Waals surface area contributed by atoms with E-state index in [1.54, 1.807) is 71.7 Å². The van der Waals surface area contributed by atoms with Gasteiger partial charge < -0.3 is 4.74 Å². The van der Waals surface area contributed by atoms with Crippen molar-refractivity contribution in [3.63, 3.8) is 0 Å². The first-order valence-corrected chi connectivity index (χ1v) is 11.0. The van der Waals surface area contributed by atoms with Crippen LogP contribution in [0.25, 0.3) is 5.69 Å². The lowest BCUT2D eigenvalue weighted by Crippen LogP contribution is -2.13. The molecule has 1 N–H and O–H groups in total. The van der Waals surface area contributed by atoms with E-state index in [0.717, 1.165) is 11.1 Å². The monoisotopic (exact) mass is 437 g/mol. The molecule has 0 spiro atoms. The molecular formula is C23H20FN3O3S. The number of aryl methyl sites for hydroxylation is 2. The van der Waals surface area contributed by atoms with Crippen LogP contribution in [0.15, 0.2) is 84.0 Å². The van der Waals surface area contributed by atoms with Crippen molar-refractivity contribution < 1.29 is 17.5 Å². The highest BCUT2D eigenvalue weighted by Gasteiger charge is 2.15. The molecule has 1 heterocycles. The molecule has 0 aliphatic carbocycles. The maximum absolute atomic E-state index is 13.1. The molecule has 0 radical (unpaired) electrons. The van der Waals surface area contributed by atoms with Crippen molar-refractivity contribution in [2.24, 2.45) is 0 Å². The lowest BCUT2D eigenvalue weighted by atomic mass is 10.2. The summed E-state index contributed by atoms with van der Waals surface area (Å²) in [5.74, 6) is 0.749. The largest absolute Gasteiger partial charge is 0.454 e. The Morgan fingerprint density at radius 1 is 0.968 bits per heavy atom. The van der Waals surface area contributed by atoms with Crippen LogP contribution in [0.5, 0.6) is 11.5 Å². The van der Waals surface area contributed by atoms with Gasteiger partial charge in [-0.2, -0.15) is 5.10 Å². The minimum Gasteiger partial charge on any atom is -0.454 e. The second kappa shape index (κ2) is 8.23. The van der Waals surface area contributed by atoms with Crippen LogP contribution in [0.1, 0.15) is 11.1 Å². The number of nitrogens with one attached hydrogen (secondary N) is 1. The number of sulfonamides is 1. The van der Waals surface area contributed by atoms with E-state index >= 15 is 0 Å². The Hall–Kier alpha value is -3.65. The lowest BCUT2D eigenvalue weighted by Gasteiger charge is -2.11. The number of hydrogen-bond donors (Lipinski definition) is 1. The Kier molecular flexibility index (Phi) is 5.48. The average molecular weight is 437 g/mol. The van der Waals surface area contributed by atoms with E-state index in [2.05, 4.69) is 9.82 Å². The van der Waals surface area contributed by atoms with Gasteiger partial charge in [0.05, 0.1) is 23.0 Å². The highest BCUT2D eigenvalue weighted by molar-refractivity contribution is 7.92. The van der Waals surface area contributed by atoms with Gasteiger partial charge in [0.2, 0.25) is 0 Å². The van der Waals surface area contributed by atoms with Crippen molar-refractivity contribution in [2.45, 2.75) is 18.7 Å². The highest BCUT2D eigenvalue weighted by Crippen LogP contribution is 2.28. The van der Waals surface area contributed by atoms with E-state index in [9.17, 15) is 12.8 Å². The minimum atomic E-state index is -3.68. The zero-order valence-electron chi connectivity index (χ0n) is 16.9. The van der Waals surface area contributed by atoms with E-state index in [4.69, 9.17) is 4.74 Å². The summed E-state index contributed by atoms with van der Waals surface area (Å²) in [5, 5.41) is 4.23. The second-order valence-corrected chi connectivity index (χ2v) is 8.78. The molecular weight excluding hydrogens is 417 g/mol. The van der Waals surface area contributed by atoms with E-state index in [1.807, 2.05) is 13.8 Å². The molecule has 158 valence electrons. The van der Waals surface area contributed by atoms with Crippen LogP contribution in [-0.2, 0) is 10.0 Å². The van der Waals surface area contributed by atoms with Crippen molar-refractivity contribution in [1.82, 2.24) is 9.78 Å². The molecule has 0 aliphatic rings. The quantitative estimate of drug-likeness (QED) is 0.449. The summed E-state index contributed by atoms with van der Waals surface area (Å²) >= 11 is 0. The van der Waals surface area contributed by atoms with Gasteiger partial charge in [-0.15, -0.1) is 0 Å². The van der Waals surface area contributed by atoms with Crippen molar-refractivity contribution in [3.05, 3.63) is 96.1 Å². The third-order valence-electron chi connectivity index (χ3n) is 4.64. The van der Waals surface area contributed by atoms with E-state index in [0.29, 0.717) is 22.9 Å². The first-order valence-electron chi connectivity index (χ1n) is 9.49. The number of nitrogens with zero attached hydrogens (tertiary/aromatic N) is 2. The van der Waals surface area contributed by atoms with Crippen molar-refractivity contribution in [3.8, 4) is 17.2 Å². The van der Waals surface area contributed by atoms with Crippen LogP contribution in [-0.4, -0.2) is 18.2 Å². The molecule has 4 rings (SSSR count). The Morgan fingerprint density at radius 3 is 2.35 bits per heavy atom. The maximum atomic E-state index is 13.1. The summed E-state index contributed by atoms with van der Waals surface area (Å²) in [6.45, 7) is 3.72. The number of hydrogen-bond acceptors (Lipinski definition) is 4. The fourth-order valence-electron chi connectivity index (χ4n) is 2.98. The predicted molar refractivity (Wildman–Crippen MR) is 117 cm³/mol. The fourth-order valence-corrected chi connectivity index (χ4v) is 4.03. The van der Waals surface area contributed by atoms with Gasteiger partial charge in [-0.3, -0.25) is 4.72 Å². The van der Waals surface area contributed by atoms with Crippen LogP contribution in [0.3, 0.4) is 0 Å². The molecule has 0 saturated carbocycles. The van der Waals surface area contributed by atoms with Crippen molar-refractivity contribution in [1.29, 1.82) is 0 Å². The summed E-state index contributed by atoms with van der Waals surface area (Å²) < 4.78 is 48.3. The Balaban J connectivity index is 1.49. The lowest BCUT2D eigenvalue weighted by molar-refractivity contribution is 0.479. The number of anilines is 1.